The average molecular weight is 493 g/mol. The molecule has 1 N–H and O–H groups in total. The quantitative estimate of drug-likeness (QED) is 0.499. The number of carbonyl (C=O) groups excluding carboxylic acids is 1. The van der Waals surface area contributed by atoms with Crippen LogP contribution in [0, 0.1) is 19.8 Å². The van der Waals surface area contributed by atoms with Gasteiger partial charge in [0.2, 0.25) is 15.9 Å². The molecule has 1 heterocycles. The Bertz CT molecular complexity index is 1270. The van der Waals surface area contributed by atoms with Crippen molar-refractivity contribution >= 4 is 15.9 Å². The largest absolute Gasteiger partial charge is 0.489 e. The van der Waals surface area contributed by atoms with Gasteiger partial charge in [0.1, 0.15) is 12.4 Å². The standard InChI is InChI=1S/C28H32N2O4S/c1-21-12-13-27(22(2)18-21)35(32,33)30-16-14-23(15-17-30)28(31)29-19-24-8-6-7-9-25(24)20-34-26-10-4-3-5-11-26/h3-13,18,23H,14-17,19-20H2,1-2H3,(H,29,31). The first kappa shape index (κ1) is 24.9. The van der Waals surface area contributed by atoms with Gasteiger partial charge >= 0.3 is 0 Å². The van der Waals surface area contributed by atoms with Crippen LogP contribution in [0.25, 0.3) is 0 Å². The molecule has 35 heavy (non-hydrogen) atoms. The van der Waals surface area contributed by atoms with Crippen LogP contribution in [0.2, 0.25) is 0 Å². The van der Waals surface area contributed by atoms with Crippen LogP contribution >= 0.6 is 0 Å². The number of nitrogens with one attached hydrogen (secondary N) is 1. The molecule has 0 aromatic heterocycles. The first-order valence-corrected chi connectivity index (χ1v) is 13.4. The molecule has 0 unspecified atom stereocenters. The van der Waals surface area contributed by atoms with Gasteiger partial charge in [-0.05, 0) is 61.6 Å². The molecule has 184 valence electrons. The maximum Gasteiger partial charge on any atom is 0.243 e. The molecule has 0 aliphatic carbocycles. The molecular formula is C28H32N2O4S. The van der Waals surface area contributed by atoms with Gasteiger partial charge in [-0.2, -0.15) is 4.31 Å². The zero-order valence-corrected chi connectivity index (χ0v) is 21.1. The highest BCUT2D eigenvalue weighted by Gasteiger charge is 2.32. The predicted molar refractivity (Wildman–Crippen MR) is 136 cm³/mol. The van der Waals surface area contributed by atoms with Crippen LogP contribution in [-0.4, -0.2) is 31.7 Å². The van der Waals surface area contributed by atoms with E-state index in [1.165, 1.54) is 4.31 Å². The van der Waals surface area contributed by atoms with E-state index in [9.17, 15) is 13.2 Å². The van der Waals surface area contributed by atoms with Gasteiger partial charge in [0.25, 0.3) is 0 Å². The number of para-hydroxylation sites is 1. The normalized spacial score (nSPS) is 15.0. The topological polar surface area (TPSA) is 75.7 Å². The third-order valence-corrected chi connectivity index (χ3v) is 8.54. The maximum absolute atomic E-state index is 13.1. The summed E-state index contributed by atoms with van der Waals surface area (Å²) in [4.78, 5) is 13.2. The fourth-order valence-electron chi connectivity index (χ4n) is 4.46. The first-order valence-electron chi connectivity index (χ1n) is 11.9. The molecule has 4 rings (SSSR count). The minimum absolute atomic E-state index is 0.0349. The summed E-state index contributed by atoms with van der Waals surface area (Å²) in [7, 11) is -3.56. The Morgan fingerprint density at radius 1 is 0.943 bits per heavy atom. The summed E-state index contributed by atoms with van der Waals surface area (Å²) in [6.45, 7) is 5.29. The summed E-state index contributed by atoms with van der Waals surface area (Å²) in [5.41, 5.74) is 3.81. The predicted octanol–water partition coefficient (Wildman–Crippen LogP) is 4.60. The Morgan fingerprint density at radius 3 is 2.29 bits per heavy atom. The van der Waals surface area contributed by atoms with E-state index in [2.05, 4.69) is 5.32 Å². The summed E-state index contributed by atoms with van der Waals surface area (Å²) < 4.78 is 33.6. The zero-order valence-electron chi connectivity index (χ0n) is 20.2. The minimum atomic E-state index is -3.56. The highest BCUT2D eigenvalue weighted by Crippen LogP contribution is 2.26. The van der Waals surface area contributed by atoms with Crippen molar-refractivity contribution in [3.05, 3.63) is 95.1 Å². The lowest BCUT2D eigenvalue weighted by Crippen LogP contribution is -2.43. The summed E-state index contributed by atoms with van der Waals surface area (Å²) >= 11 is 0. The molecular weight excluding hydrogens is 460 g/mol. The van der Waals surface area contributed by atoms with E-state index >= 15 is 0 Å². The van der Waals surface area contributed by atoms with Crippen LogP contribution in [0.15, 0.2) is 77.7 Å². The molecule has 0 atom stereocenters. The van der Waals surface area contributed by atoms with Crippen LogP contribution in [0.1, 0.15) is 35.1 Å². The van der Waals surface area contributed by atoms with Crippen molar-refractivity contribution in [2.24, 2.45) is 5.92 Å². The molecule has 0 bridgehead atoms. The third kappa shape index (κ3) is 6.10. The van der Waals surface area contributed by atoms with Gasteiger partial charge in [-0.25, -0.2) is 8.42 Å². The Balaban J connectivity index is 1.31. The number of amides is 1. The average Bonchev–Trinajstić information content (AvgIpc) is 2.87. The van der Waals surface area contributed by atoms with E-state index in [0.29, 0.717) is 44.0 Å². The lowest BCUT2D eigenvalue weighted by Gasteiger charge is -2.31. The van der Waals surface area contributed by atoms with E-state index in [-0.39, 0.29) is 11.8 Å². The number of hydrogen-bond donors (Lipinski definition) is 1. The number of nitrogens with zero attached hydrogens (tertiary/aromatic N) is 1. The molecule has 0 spiro atoms. The van der Waals surface area contributed by atoms with E-state index in [1.807, 2.05) is 80.6 Å². The number of piperidine rings is 1. The van der Waals surface area contributed by atoms with Gasteiger partial charge in [0.05, 0.1) is 4.90 Å². The molecule has 3 aromatic carbocycles. The van der Waals surface area contributed by atoms with Gasteiger partial charge in [0.15, 0.2) is 0 Å². The number of aryl methyl sites for hydroxylation is 2. The number of ether oxygens (including phenoxy) is 1. The van der Waals surface area contributed by atoms with Crippen molar-refractivity contribution in [1.82, 2.24) is 9.62 Å². The Labute approximate surface area is 208 Å². The fourth-order valence-corrected chi connectivity index (χ4v) is 6.14. The van der Waals surface area contributed by atoms with Gasteiger partial charge in [-0.1, -0.05) is 60.2 Å². The summed E-state index contributed by atoms with van der Waals surface area (Å²) in [6.07, 6.45) is 1.02. The molecule has 1 fully saturated rings. The van der Waals surface area contributed by atoms with Crippen LogP contribution in [0.3, 0.4) is 0 Å². The highest BCUT2D eigenvalue weighted by molar-refractivity contribution is 7.89. The van der Waals surface area contributed by atoms with Crippen LogP contribution in [-0.2, 0) is 28.0 Å². The fraction of sp³-hybridized carbons (Fsp3) is 0.321. The van der Waals surface area contributed by atoms with Crippen molar-refractivity contribution in [3.63, 3.8) is 0 Å². The third-order valence-electron chi connectivity index (χ3n) is 6.48. The Morgan fingerprint density at radius 2 is 1.60 bits per heavy atom. The van der Waals surface area contributed by atoms with E-state index in [0.717, 1.165) is 28.0 Å². The lowest BCUT2D eigenvalue weighted by molar-refractivity contribution is -0.126. The molecule has 1 aliphatic rings. The van der Waals surface area contributed by atoms with Crippen LogP contribution < -0.4 is 10.1 Å². The lowest BCUT2D eigenvalue weighted by atomic mass is 9.97. The number of sulfonamides is 1. The summed E-state index contributed by atoms with van der Waals surface area (Å²) in [6, 6.07) is 22.9. The van der Waals surface area contributed by atoms with Crippen molar-refractivity contribution in [2.75, 3.05) is 13.1 Å². The molecule has 0 saturated carbocycles. The highest BCUT2D eigenvalue weighted by atomic mass is 32.2. The van der Waals surface area contributed by atoms with Crippen molar-refractivity contribution in [3.8, 4) is 5.75 Å². The second-order valence-electron chi connectivity index (χ2n) is 9.04. The second kappa shape index (κ2) is 11.1. The van der Waals surface area contributed by atoms with Gasteiger partial charge in [0, 0.05) is 25.6 Å². The number of benzene rings is 3. The minimum Gasteiger partial charge on any atom is -0.489 e. The van der Waals surface area contributed by atoms with E-state index in [1.54, 1.807) is 6.07 Å². The molecule has 1 aliphatic heterocycles. The molecule has 1 amide bonds. The molecule has 6 nitrogen and oxygen atoms in total. The van der Waals surface area contributed by atoms with Crippen LogP contribution in [0.4, 0.5) is 0 Å². The zero-order chi connectivity index (χ0) is 24.8. The molecule has 7 heteroatoms. The molecule has 1 saturated heterocycles. The smallest absolute Gasteiger partial charge is 0.243 e. The Hall–Kier alpha value is -3.16. The molecule has 0 radical (unpaired) electrons. The number of carbonyl (C=O) groups is 1. The van der Waals surface area contributed by atoms with E-state index in [4.69, 9.17) is 4.74 Å². The monoisotopic (exact) mass is 492 g/mol. The van der Waals surface area contributed by atoms with E-state index < -0.39 is 10.0 Å². The summed E-state index contributed by atoms with van der Waals surface area (Å²) in [5, 5.41) is 3.05. The van der Waals surface area contributed by atoms with Crippen molar-refractivity contribution < 1.29 is 17.9 Å². The molecule has 3 aromatic rings. The van der Waals surface area contributed by atoms with Crippen LogP contribution in [0.5, 0.6) is 5.75 Å². The Kier molecular flexibility index (Phi) is 7.88. The number of hydrogen-bond acceptors (Lipinski definition) is 4. The second-order valence-corrected chi connectivity index (χ2v) is 10.9. The SMILES string of the molecule is Cc1ccc(S(=O)(=O)N2CCC(C(=O)NCc3ccccc3COc3ccccc3)CC2)c(C)c1. The van der Waals surface area contributed by atoms with Gasteiger partial charge < -0.3 is 10.1 Å². The summed E-state index contributed by atoms with van der Waals surface area (Å²) in [5.74, 6) is 0.564. The van der Waals surface area contributed by atoms with Crippen molar-refractivity contribution in [2.45, 2.75) is 44.7 Å². The first-order chi connectivity index (χ1) is 16.8. The number of rotatable bonds is 8. The van der Waals surface area contributed by atoms with Gasteiger partial charge in [-0.15, -0.1) is 0 Å². The van der Waals surface area contributed by atoms with Gasteiger partial charge in [-0.3, -0.25) is 4.79 Å². The maximum atomic E-state index is 13.1. The van der Waals surface area contributed by atoms with Crippen molar-refractivity contribution in [1.29, 1.82) is 0 Å².